The first-order chi connectivity index (χ1) is 15.0. The minimum Gasteiger partial charge on any atom is -0.480 e. The molecule has 0 heterocycles. The molecule has 0 spiro atoms. The molecular weight excluding hydrogens is 458 g/mol. The molecule has 0 aliphatic carbocycles. The highest BCUT2D eigenvalue weighted by Crippen LogP contribution is 2.10. The van der Waals surface area contributed by atoms with E-state index in [-0.39, 0.29) is 36.3 Å². The Labute approximate surface area is 198 Å². The maximum absolute atomic E-state index is 13.0. The second kappa shape index (κ2) is 15.6. The molecule has 0 bridgehead atoms. The van der Waals surface area contributed by atoms with Crippen LogP contribution in [0.3, 0.4) is 0 Å². The highest BCUT2D eigenvalue weighted by Gasteiger charge is 2.32. The Morgan fingerprint density at radius 2 is 1.56 bits per heavy atom. The van der Waals surface area contributed by atoms with Crippen molar-refractivity contribution in [1.82, 2.24) is 16.0 Å². The van der Waals surface area contributed by atoms with Crippen molar-refractivity contribution in [2.24, 2.45) is 28.1 Å². The van der Waals surface area contributed by atoms with E-state index in [4.69, 9.17) is 22.3 Å². The molecule has 5 unspecified atom stereocenters. The van der Waals surface area contributed by atoms with E-state index in [0.717, 1.165) is 0 Å². The lowest BCUT2D eigenvalue weighted by Crippen LogP contribution is -2.59. The molecule has 0 saturated carbocycles. The Morgan fingerprint density at radius 3 is 2.03 bits per heavy atom. The smallest absolute Gasteiger partial charge is 0.327 e. The molecular formula is C18H35N7O5S2. The summed E-state index contributed by atoms with van der Waals surface area (Å²) in [7, 11) is 0. The first-order valence-corrected chi connectivity index (χ1v) is 11.4. The molecule has 0 aliphatic heterocycles. The van der Waals surface area contributed by atoms with Crippen LogP contribution in [-0.2, 0) is 19.2 Å². The molecule has 0 saturated heterocycles. The quantitative estimate of drug-likeness (QED) is 0.0527. The maximum atomic E-state index is 13.0. The highest BCUT2D eigenvalue weighted by molar-refractivity contribution is 7.80. The van der Waals surface area contributed by atoms with E-state index in [9.17, 15) is 19.2 Å². The number of carbonyl (C=O) groups excluding carboxylic acids is 3. The summed E-state index contributed by atoms with van der Waals surface area (Å²) in [6.45, 7) is 3.80. The van der Waals surface area contributed by atoms with Crippen molar-refractivity contribution in [3.63, 3.8) is 0 Å². The van der Waals surface area contributed by atoms with E-state index in [1.54, 1.807) is 6.92 Å². The predicted octanol–water partition coefficient (Wildman–Crippen LogP) is -2.19. The second-order valence-corrected chi connectivity index (χ2v) is 7.98. The van der Waals surface area contributed by atoms with Gasteiger partial charge in [0.2, 0.25) is 17.7 Å². The molecule has 0 aliphatic rings. The zero-order chi connectivity index (χ0) is 24.8. The van der Waals surface area contributed by atoms with Crippen LogP contribution in [0.4, 0.5) is 0 Å². The number of aliphatic imine (C=N–C) groups is 1. The van der Waals surface area contributed by atoms with Gasteiger partial charge in [0.25, 0.3) is 0 Å². The highest BCUT2D eigenvalue weighted by atomic mass is 32.1. The van der Waals surface area contributed by atoms with E-state index in [0.29, 0.717) is 12.8 Å². The van der Waals surface area contributed by atoms with Crippen molar-refractivity contribution in [1.29, 1.82) is 0 Å². The van der Waals surface area contributed by atoms with Crippen molar-refractivity contribution in [2.45, 2.75) is 57.3 Å². The van der Waals surface area contributed by atoms with Crippen LogP contribution >= 0.6 is 25.3 Å². The summed E-state index contributed by atoms with van der Waals surface area (Å²) in [4.78, 5) is 52.9. The van der Waals surface area contributed by atoms with Gasteiger partial charge in [-0.1, -0.05) is 20.3 Å². The minimum absolute atomic E-state index is 0.0758. The number of carboxylic acids is 1. The van der Waals surface area contributed by atoms with Gasteiger partial charge in [-0.3, -0.25) is 19.4 Å². The van der Waals surface area contributed by atoms with Gasteiger partial charge in [0, 0.05) is 18.1 Å². The fourth-order valence-corrected chi connectivity index (χ4v) is 2.95. The molecule has 0 aromatic carbocycles. The Kier molecular flexibility index (Phi) is 14.5. The standard InChI is InChI=1S/C18H35N7O5S2/c1-3-9(2)13(16(28)24-12(8-32)17(29)30)25-15(27)11(5-4-6-22-18(20)21)23-14(26)10(19)7-31/h9-13,31-32H,3-8,19H2,1-2H3,(H,23,26)(H,24,28)(H,25,27)(H,29,30)(H4,20,21,22). The number of nitrogens with two attached hydrogens (primary N) is 3. The molecule has 0 fully saturated rings. The normalized spacial score (nSPS) is 15.4. The van der Waals surface area contributed by atoms with Crippen molar-refractivity contribution in [3.05, 3.63) is 0 Å². The molecule has 0 aromatic rings. The van der Waals surface area contributed by atoms with E-state index in [1.165, 1.54) is 0 Å². The van der Waals surface area contributed by atoms with Crippen molar-refractivity contribution in [3.8, 4) is 0 Å². The number of carbonyl (C=O) groups is 4. The average Bonchev–Trinajstić information content (AvgIpc) is 2.75. The fourth-order valence-electron chi connectivity index (χ4n) is 2.54. The molecule has 0 aromatic heterocycles. The average molecular weight is 494 g/mol. The third kappa shape index (κ3) is 10.9. The van der Waals surface area contributed by atoms with Gasteiger partial charge in [0.1, 0.15) is 18.1 Å². The Hall–Kier alpha value is -2.19. The second-order valence-electron chi connectivity index (χ2n) is 7.25. The van der Waals surface area contributed by atoms with Crippen LogP contribution in [-0.4, -0.2) is 77.0 Å². The molecule has 184 valence electrons. The van der Waals surface area contributed by atoms with Gasteiger partial charge in [0.15, 0.2) is 5.96 Å². The van der Waals surface area contributed by atoms with Gasteiger partial charge in [0.05, 0.1) is 6.04 Å². The van der Waals surface area contributed by atoms with Crippen LogP contribution in [0, 0.1) is 5.92 Å². The fraction of sp³-hybridized carbons (Fsp3) is 0.722. The topological polar surface area (TPSA) is 215 Å². The number of hydrogen-bond acceptors (Lipinski definition) is 8. The predicted molar refractivity (Wildman–Crippen MR) is 128 cm³/mol. The zero-order valence-corrected chi connectivity index (χ0v) is 20.1. The van der Waals surface area contributed by atoms with Crippen LogP contribution in [0.25, 0.3) is 0 Å². The first kappa shape index (κ1) is 29.8. The molecule has 5 atom stereocenters. The molecule has 3 amide bonds. The van der Waals surface area contributed by atoms with Gasteiger partial charge in [-0.2, -0.15) is 25.3 Å². The number of rotatable bonds is 15. The Bertz CT molecular complexity index is 676. The number of carboxylic acid groups (broad SMARTS) is 1. The van der Waals surface area contributed by atoms with Gasteiger partial charge >= 0.3 is 5.97 Å². The summed E-state index contributed by atoms with van der Waals surface area (Å²) in [5.41, 5.74) is 16.3. The van der Waals surface area contributed by atoms with Crippen LogP contribution in [0.5, 0.6) is 0 Å². The van der Waals surface area contributed by atoms with E-state index in [1.807, 2.05) is 6.92 Å². The van der Waals surface area contributed by atoms with Crippen LogP contribution < -0.4 is 33.2 Å². The van der Waals surface area contributed by atoms with Crippen LogP contribution in [0.2, 0.25) is 0 Å². The minimum atomic E-state index is -1.24. The monoisotopic (exact) mass is 493 g/mol. The molecule has 0 radical (unpaired) electrons. The first-order valence-electron chi connectivity index (χ1n) is 10.1. The summed E-state index contributed by atoms with van der Waals surface area (Å²) >= 11 is 7.90. The summed E-state index contributed by atoms with van der Waals surface area (Å²) in [6, 6.07) is -4.17. The number of thiol groups is 2. The Morgan fingerprint density at radius 1 is 0.969 bits per heavy atom. The molecule has 0 rings (SSSR count). The van der Waals surface area contributed by atoms with E-state index >= 15 is 0 Å². The summed E-state index contributed by atoms with van der Waals surface area (Å²) in [5.74, 6) is -3.55. The summed E-state index contributed by atoms with van der Waals surface area (Å²) in [6.07, 6.45) is 1.08. The number of hydrogen-bond donors (Lipinski definition) is 9. The zero-order valence-electron chi connectivity index (χ0n) is 18.3. The van der Waals surface area contributed by atoms with Crippen LogP contribution in [0.15, 0.2) is 4.99 Å². The van der Waals surface area contributed by atoms with Crippen molar-refractivity contribution >= 4 is 54.9 Å². The molecule has 32 heavy (non-hydrogen) atoms. The summed E-state index contributed by atoms with van der Waals surface area (Å²) in [5, 5.41) is 16.7. The third-order valence-corrected chi connectivity index (χ3v) is 5.46. The van der Waals surface area contributed by atoms with Crippen LogP contribution in [0.1, 0.15) is 33.1 Å². The number of nitrogens with one attached hydrogen (secondary N) is 3. The number of guanidine groups is 1. The lowest BCUT2D eigenvalue weighted by Gasteiger charge is -2.27. The molecule has 14 heteroatoms. The lowest BCUT2D eigenvalue weighted by molar-refractivity contribution is -0.142. The van der Waals surface area contributed by atoms with Crippen molar-refractivity contribution < 1.29 is 24.3 Å². The van der Waals surface area contributed by atoms with Gasteiger partial charge in [-0.15, -0.1) is 0 Å². The number of aliphatic carboxylic acids is 1. The van der Waals surface area contributed by atoms with Gasteiger partial charge in [-0.25, -0.2) is 4.79 Å². The SMILES string of the molecule is CCC(C)C(NC(=O)C(CCCN=C(N)N)NC(=O)C(N)CS)C(=O)NC(CS)C(=O)O. The lowest BCUT2D eigenvalue weighted by atomic mass is 9.97. The largest absolute Gasteiger partial charge is 0.480 e. The number of nitrogens with zero attached hydrogens (tertiary/aromatic N) is 1. The van der Waals surface area contributed by atoms with E-state index in [2.05, 4.69) is 46.2 Å². The number of amides is 3. The maximum Gasteiger partial charge on any atom is 0.327 e. The van der Waals surface area contributed by atoms with E-state index < -0.39 is 47.9 Å². The Balaban J connectivity index is 5.49. The van der Waals surface area contributed by atoms with Gasteiger partial charge in [-0.05, 0) is 18.8 Å². The third-order valence-electron chi connectivity index (χ3n) is 4.70. The molecule has 12 nitrogen and oxygen atoms in total. The molecule has 10 N–H and O–H groups in total. The van der Waals surface area contributed by atoms with Crippen molar-refractivity contribution in [2.75, 3.05) is 18.1 Å². The van der Waals surface area contributed by atoms with Gasteiger partial charge < -0.3 is 38.3 Å². The summed E-state index contributed by atoms with van der Waals surface area (Å²) < 4.78 is 0.